The zero-order chi connectivity index (χ0) is 13.1. The average Bonchev–Trinajstić information content (AvgIpc) is 2.35. The molecule has 94 valence electrons. The van der Waals surface area contributed by atoms with Crippen LogP contribution in [0.2, 0.25) is 0 Å². The molecule has 0 aliphatic carbocycles. The molecule has 2 aromatic rings. The molecule has 2 N–H and O–H groups in total. The molecule has 0 bridgehead atoms. The van der Waals surface area contributed by atoms with E-state index in [2.05, 4.69) is 21.9 Å². The van der Waals surface area contributed by atoms with Crippen molar-refractivity contribution in [3.8, 4) is 11.3 Å². The summed E-state index contributed by atoms with van der Waals surface area (Å²) in [5.41, 5.74) is 10.0. The zero-order valence-corrected chi connectivity index (χ0v) is 11.1. The molecule has 0 aliphatic rings. The van der Waals surface area contributed by atoms with Crippen molar-refractivity contribution in [2.75, 3.05) is 5.73 Å². The SMILES string of the molecule is CCCc1nc(N)c(C)c(-c2ccncc2C)n1. The molecule has 0 amide bonds. The minimum atomic E-state index is 0.569. The van der Waals surface area contributed by atoms with Crippen LogP contribution in [0.1, 0.15) is 30.3 Å². The van der Waals surface area contributed by atoms with Gasteiger partial charge in [0.15, 0.2) is 0 Å². The third-order valence-corrected chi connectivity index (χ3v) is 2.98. The molecule has 2 heterocycles. The van der Waals surface area contributed by atoms with Crippen molar-refractivity contribution in [2.45, 2.75) is 33.6 Å². The van der Waals surface area contributed by atoms with Crippen LogP contribution >= 0.6 is 0 Å². The molecule has 0 saturated heterocycles. The van der Waals surface area contributed by atoms with Gasteiger partial charge >= 0.3 is 0 Å². The molecule has 2 rings (SSSR count). The fourth-order valence-electron chi connectivity index (χ4n) is 1.92. The van der Waals surface area contributed by atoms with Crippen LogP contribution in [0, 0.1) is 13.8 Å². The van der Waals surface area contributed by atoms with Gasteiger partial charge < -0.3 is 5.73 Å². The normalized spacial score (nSPS) is 10.6. The van der Waals surface area contributed by atoms with E-state index >= 15 is 0 Å². The van der Waals surface area contributed by atoms with E-state index in [0.717, 1.165) is 41.1 Å². The number of nitrogen functional groups attached to an aromatic ring is 1. The van der Waals surface area contributed by atoms with Gasteiger partial charge in [0.05, 0.1) is 5.69 Å². The summed E-state index contributed by atoms with van der Waals surface area (Å²) in [7, 11) is 0. The van der Waals surface area contributed by atoms with E-state index in [0.29, 0.717) is 5.82 Å². The first-order valence-corrected chi connectivity index (χ1v) is 6.17. The van der Waals surface area contributed by atoms with Crippen LogP contribution in [-0.2, 0) is 6.42 Å². The predicted octanol–water partition coefficient (Wildman–Crippen LogP) is 2.69. The Morgan fingerprint density at radius 2 is 2.00 bits per heavy atom. The lowest BCUT2D eigenvalue weighted by molar-refractivity contribution is 0.836. The topological polar surface area (TPSA) is 64.7 Å². The molecule has 0 unspecified atom stereocenters. The average molecular weight is 242 g/mol. The van der Waals surface area contributed by atoms with Crippen molar-refractivity contribution >= 4 is 5.82 Å². The number of pyridine rings is 1. The number of hydrogen-bond donors (Lipinski definition) is 1. The van der Waals surface area contributed by atoms with Gasteiger partial charge in [-0.25, -0.2) is 9.97 Å². The highest BCUT2D eigenvalue weighted by Gasteiger charge is 2.12. The first-order chi connectivity index (χ1) is 8.63. The summed E-state index contributed by atoms with van der Waals surface area (Å²) in [5.74, 6) is 1.38. The van der Waals surface area contributed by atoms with E-state index in [1.54, 1.807) is 6.20 Å². The van der Waals surface area contributed by atoms with Gasteiger partial charge in [-0.1, -0.05) is 6.92 Å². The second-order valence-corrected chi connectivity index (χ2v) is 4.44. The highest BCUT2D eigenvalue weighted by atomic mass is 15.0. The minimum absolute atomic E-state index is 0.569. The van der Waals surface area contributed by atoms with Crippen molar-refractivity contribution in [3.05, 3.63) is 35.4 Å². The van der Waals surface area contributed by atoms with Gasteiger partial charge in [-0.15, -0.1) is 0 Å². The third kappa shape index (κ3) is 2.32. The molecule has 0 saturated carbocycles. The summed E-state index contributed by atoms with van der Waals surface area (Å²) in [6.07, 6.45) is 5.48. The Balaban J connectivity index is 2.59. The largest absolute Gasteiger partial charge is 0.383 e. The Labute approximate surface area is 107 Å². The monoisotopic (exact) mass is 242 g/mol. The van der Waals surface area contributed by atoms with E-state index in [1.807, 2.05) is 26.1 Å². The van der Waals surface area contributed by atoms with E-state index in [-0.39, 0.29) is 0 Å². The molecule has 0 radical (unpaired) electrons. The molecule has 4 heteroatoms. The Kier molecular flexibility index (Phi) is 3.55. The second kappa shape index (κ2) is 5.12. The number of aryl methyl sites for hydroxylation is 2. The molecule has 0 aromatic carbocycles. The molecule has 0 atom stereocenters. The summed E-state index contributed by atoms with van der Waals surface area (Å²) in [4.78, 5) is 13.1. The van der Waals surface area contributed by atoms with Gasteiger partial charge in [0.2, 0.25) is 0 Å². The van der Waals surface area contributed by atoms with Gasteiger partial charge in [-0.05, 0) is 31.9 Å². The fraction of sp³-hybridized carbons (Fsp3) is 0.357. The van der Waals surface area contributed by atoms with Crippen molar-refractivity contribution < 1.29 is 0 Å². The van der Waals surface area contributed by atoms with Crippen molar-refractivity contribution in [2.24, 2.45) is 0 Å². The lowest BCUT2D eigenvalue weighted by Gasteiger charge is -2.11. The second-order valence-electron chi connectivity index (χ2n) is 4.44. The molecule has 0 fully saturated rings. The first-order valence-electron chi connectivity index (χ1n) is 6.17. The number of anilines is 1. The fourth-order valence-corrected chi connectivity index (χ4v) is 1.92. The van der Waals surface area contributed by atoms with Crippen LogP contribution in [-0.4, -0.2) is 15.0 Å². The number of nitrogens with zero attached hydrogens (tertiary/aromatic N) is 3. The van der Waals surface area contributed by atoms with Crippen molar-refractivity contribution in [1.82, 2.24) is 15.0 Å². The van der Waals surface area contributed by atoms with Crippen molar-refractivity contribution in [1.29, 1.82) is 0 Å². The smallest absolute Gasteiger partial charge is 0.131 e. The maximum Gasteiger partial charge on any atom is 0.131 e. The van der Waals surface area contributed by atoms with Gasteiger partial charge in [-0.3, -0.25) is 4.98 Å². The molecule has 0 spiro atoms. The van der Waals surface area contributed by atoms with Crippen LogP contribution in [0.5, 0.6) is 0 Å². The summed E-state index contributed by atoms with van der Waals surface area (Å²) >= 11 is 0. The first kappa shape index (κ1) is 12.5. The standard InChI is InChI=1S/C14H18N4/c1-4-5-12-17-13(10(3)14(15)18-12)11-6-7-16-8-9(11)2/h6-8H,4-5H2,1-3H3,(H2,15,17,18). The van der Waals surface area contributed by atoms with E-state index in [4.69, 9.17) is 5.73 Å². The van der Waals surface area contributed by atoms with E-state index in [1.165, 1.54) is 0 Å². The van der Waals surface area contributed by atoms with Gasteiger partial charge in [-0.2, -0.15) is 0 Å². The summed E-state index contributed by atoms with van der Waals surface area (Å²) in [6.45, 7) is 6.09. The third-order valence-electron chi connectivity index (χ3n) is 2.98. The predicted molar refractivity (Wildman–Crippen MR) is 73.1 cm³/mol. The number of rotatable bonds is 3. The molecular formula is C14H18N4. The van der Waals surface area contributed by atoms with Crippen LogP contribution in [0.4, 0.5) is 5.82 Å². The van der Waals surface area contributed by atoms with Gasteiger partial charge in [0.25, 0.3) is 0 Å². The summed E-state index contributed by atoms with van der Waals surface area (Å²) < 4.78 is 0. The van der Waals surface area contributed by atoms with Crippen LogP contribution in [0.25, 0.3) is 11.3 Å². The lowest BCUT2D eigenvalue weighted by Crippen LogP contribution is -2.05. The highest BCUT2D eigenvalue weighted by Crippen LogP contribution is 2.26. The number of nitrogens with two attached hydrogens (primary N) is 1. The van der Waals surface area contributed by atoms with E-state index in [9.17, 15) is 0 Å². The minimum Gasteiger partial charge on any atom is -0.383 e. The van der Waals surface area contributed by atoms with Gasteiger partial charge in [0.1, 0.15) is 11.6 Å². The Morgan fingerprint density at radius 3 is 2.67 bits per heavy atom. The van der Waals surface area contributed by atoms with Crippen LogP contribution in [0.3, 0.4) is 0 Å². The van der Waals surface area contributed by atoms with Crippen molar-refractivity contribution in [3.63, 3.8) is 0 Å². The highest BCUT2D eigenvalue weighted by molar-refractivity contribution is 5.69. The molecule has 4 nitrogen and oxygen atoms in total. The molecular weight excluding hydrogens is 224 g/mol. The van der Waals surface area contributed by atoms with Crippen LogP contribution < -0.4 is 5.73 Å². The molecule has 0 aliphatic heterocycles. The lowest BCUT2D eigenvalue weighted by atomic mass is 10.0. The zero-order valence-electron chi connectivity index (χ0n) is 11.1. The quantitative estimate of drug-likeness (QED) is 0.898. The maximum atomic E-state index is 5.97. The summed E-state index contributed by atoms with van der Waals surface area (Å²) in [6, 6.07) is 1.97. The number of aromatic nitrogens is 3. The molecule has 18 heavy (non-hydrogen) atoms. The maximum absolute atomic E-state index is 5.97. The number of hydrogen-bond acceptors (Lipinski definition) is 4. The van der Waals surface area contributed by atoms with E-state index < -0.39 is 0 Å². The Morgan fingerprint density at radius 1 is 1.22 bits per heavy atom. The summed E-state index contributed by atoms with van der Waals surface area (Å²) in [5, 5.41) is 0. The Hall–Kier alpha value is -1.97. The molecule has 2 aromatic heterocycles. The Bertz CT molecular complexity index is 564. The van der Waals surface area contributed by atoms with Crippen LogP contribution in [0.15, 0.2) is 18.5 Å². The van der Waals surface area contributed by atoms with Gasteiger partial charge in [0, 0.05) is 29.9 Å².